The monoisotopic (exact) mass is 297 g/mol. The second-order valence-electron chi connectivity index (χ2n) is 5.60. The first-order chi connectivity index (χ1) is 10.3. The molecule has 1 aromatic carbocycles. The van der Waals surface area contributed by atoms with Crippen LogP contribution in [0.1, 0.15) is 30.5 Å². The largest absolute Gasteiger partial charge is 0.237 e. The van der Waals surface area contributed by atoms with E-state index in [0.29, 0.717) is 0 Å². The smallest absolute Gasteiger partial charge is 0.155 e. The lowest BCUT2D eigenvalue weighted by Gasteiger charge is -2.06. The van der Waals surface area contributed by atoms with Crippen molar-refractivity contribution >= 4 is 17.2 Å². The molecule has 3 aromatic rings. The van der Waals surface area contributed by atoms with Gasteiger partial charge in [-0.2, -0.15) is 5.10 Å². The number of hydrogen-bond donors (Lipinski definition) is 0. The Balaban J connectivity index is 1.86. The van der Waals surface area contributed by atoms with Gasteiger partial charge < -0.3 is 0 Å². The number of nitrogens with zero attached hydrogens (tertiary/aromatic N) is 3. The highest BCUT2D eigenvalue weighted by Gasteiger charge is 2.14. The third-order valence-corrected chi connectivity index (χ3v) is 4.42. The van der Waals surface area contributed by atoms with E-state index in [2.05, 4.69) is 11.1 Å². The summed E-state index contributed by atoms with van der Waals surface area (Å²) in [6.45, 7) is 0. The summed E-state index contributed by atoms with van der Waals surface area (Å²) < 4.78 is 2.03. The van der Waals surface area contributed by atoms with Crippen LogP contribution in [0.3, 0.4) is 0 Å². The van der Waals surface area contributed by atoms with Crippen molar-refractivity contribution in [1.29, 1.82) is 0 Å². The van der Waals surface area contributed by atoms with Gasteiger partial charge in [-0.25, -0.2) is 9.50 Å². The van der Waals surface area contributed by atoms with Crippen molar-refractivity contribution in [3.63, 3.8) is 0 Å². The average molecular weight is 298 g/mol. The van der Waals surface area contributed by atoms with Gasteiger partial charge in [-0.3, -0.25) is 0 Å². The van der Waals surface area contributed by atoms with Gasteiger partial charge in [-0.15, -0.1) is 0 Å². The number of hydrogen-bond acceptors (Lipinski definition) is 2. The topological polar surface area (TPSA) is 30.2 Å². The number of aromatic nitrogens is 3. The van der Waals surface area contributed by atoms with Crippen LogP contribution in [0.2, 0.25) is 5.02 Å². The molecule has 0 atom stereocenters. The molecule has 4 heteroatoms. The Morgan fingerprint density at radius 2 is 1.81 bits per heavy atom. The summed E-state index contributed by atoms with van der Waals surface area (Å²) in [6.07, 6.45) is 8.03. The van der Waals surface area contributed by atoms with Crippen molar-refractivity contribution in [2.45, 2.75) is 32.1 Å². The van der Waals surface area contributed by atoms with Gasteiger partial charge in [0.25, 0.3) is 0 Å². The minimum absolute atomic E-state index is 0.745. The summed E-state index contributed by atoms with van der Waals surface area (Å²) >= 11 is 5.95. The molecule has 0 spiro atoms. The van der Waals surface area contributed by atoms with E-state index in [1.807, 2.05) is 35.0 Å². The van der Waals surface area contributed by atoms with Gasteiger partial charge in [0.1, 0.15) is 0 Å². The summed E-state index contributed by atoms with van der Waals surface area (Å²) in [5, 5.41) is 5.52. The lowest BCUT2D eigenvalue weighted by molar-refractivity contribution is 0.702. The zero-order chi connectivity index (χ0) is 14.2. The molecule has 0 bridgehead atoms. The summed E-state index contributed by atoms with van der Waals surface area (Å²) in [5.74, 6) is 0. The first-order valence-electron chi connectivity index (χ1n) is 7.44. The number of rotatable bonds is 1. The van der Waals surface area contributed by atoms with E-state index in [1.54, 1.807) is 0 Å². The molecule has 106 valence electrons. The van der Waals surface area contributed by atoms with Crippen molar-refractivity contribution in [2.24, 2.45) is 0 Å². The number of halogens is 1. The second-order valence-corrected chi connectivity index (χ2v) is 6.03. The van der Waals surface area contributed by atoms with Crippen molar-refractivity contribution in [3.05, 3.63) is 52.8 Å². The molecule has 0 amide bonds. The lowest BCUT2D eigenvalue weighted by atomic mass is 10.1. The molecule has 0 fully saturated rings. The Morgan fingerprint density at radius 3 is 2.67 bits per heavy atom. The molecule has 3 nitrogen and oxygen atoms in total. The van der Waals surface area contributed by atoms with Crippen LogP contribution in [0.25, 0.3) is 16.9 Å². The van der Waals surface area contributed by atoms with E-state index in [9.17, 15) is 0 Å². The van der Waals surface area contributed by atoms with E-state index >= 15 is 0 Å². The van der Waals surface area contributed by atoms with E-state index in [-0.39, 0.29) is 0 Å². The zero-order valence-electron chi connectivity index (χ0n) is 11.7. The molecule has 0 radical (unpaired) electrons. The lowest BCUT2D eigenvalue weighted by Crippen LogP contribution is -2.04. The van der Waals surface area contributed by atoms with E-state index in [4.69, 9.17) is 16.7 Å². The van der Waals surface area contributed by atoms with Gasteiger partial charge in [-0.1, -0.05) is 30.2 Å². The van der Waals surface area contributed by atoms with Crippen LogP contribution in [-0.4, -0.2) is 14.6 Å². The highest BCUT2D eigenvalue weighted by atomic mass is 35.5. The fraction of sp³-hybridized carbons (Fsp3) is 0.294. The first-order valence-corrected chi connectivity index (χ1v) is 7.81. The maximum Gasteiger partial charge on any atom is 0.155 e. The molecular weight excluding hydrogens is 282 g/mol. The molecule has 1 aliphatic carbocycles. The van der Waals surface area contributed by atoms with Crippen LogP contribution < -0.4 is 0 Å². The fourth-order valence-corrected chi connectivity index (χ4v) is 3.16. The fourth-order valence-electron chi connectivity index (χ4n) is 3.04. The maximum atomic E-state index is 5.95. The molecule has 1 aliphatic rings. The average Bonchev–Trinajstić information content (AvgIpc) is 2.79. The third-order valence-electron chi connectivity index (χ3n) is 4.17. The Kier molecular flexibility index (Phi) is 3.15. The van der Waals surface area contributed by atoms with Gasteiger partial charge in [0.05, 0.1) is 5.69 Å². The Morgan fingerprint density at radius 1 is 1.00 bits per heavy atom. The van der Waals surface area contributed by atoms with Crippen molar-refractivity contribution in [3.8, 4) is 11.3 Å². The standard InChI is InChI=1S/C17H16ClN3/c18-14-8-6-12(7-9-14)15-10-17-19-11-13-4-2-1-3-5-16(13)21(17)20-15/h6-11H,1-5H2. The van der Waals surface area contributed by atoms with Crippen LogP contribution >= 0.6 is 11.6 Å². The van der Waals surface area contributed by atoms with E-state index in [1.165, 1.54) is 30.5 Å². The van der Waals surface area contributed by atoms with E-state index in [0.717, 1.165) is 34.8 Å². The predicted octanol–water partition coefficient (Wildman–Crippen LogP) is 4.32. The van der Waals surface area contributed by atoms with Gasteiger partial charge in [0, 0.05) is 28.5 Å². The second kappa shape index (κ2) is 5.15. The molecule has 0 saturated heterocycles. The quantitative estimate of drug-likeness (QED) is 0.626. The van der Waals surface area contributed by atoms with Gasteiger partial charge in [0.15, 0.2) is 5.65 Å². The molecule has 0 N–H and O–H groups in total. The summed E-state index contributed by atoms with van der Waals surface area (Å²) in [6, 6.07) is 9.85. The number of benzene rings is 1. The molecule has 2 heterocycles. The summed E-state index contributed by atoms with van der Waals surface area (Å²) in [7, 11) is 0. The first kappa shape index (κ1) is 12.8. The zero-order valence-corrected chi connectivity index (χ0v) is 12.5. The normalized spacial score (nSPS) is 14.9. The van der Waals surface area contributed by atoms with Crippen LogP contribution in [0.5, 0.6) is 0 Å². The van der Waals surface area contributed by atoms with Gasteiger partial charge in [-0.05, 0) is 43.4 Å². The van der Waals surface area contributed by atoms with Crippen molar-refractivity contribution < 1.29 is 0 Å². The van der Waals surface area contributed by atoms with E-state index < -0.39 is 0 Å². The Bertz CT molecular complexity index is 790. The molecule has 4 rings (SSSR count). The minimum atomic E-state index is 0.745. The minimum Gasteiger partial charge on any atom is -0.237 e. The molecule has 2 aromatic heterocycles. The highest BCUT2D eigenvalue weighted by Crippen LogP contribution is 2.25. The number of aryl methyl sites for hydroxylation is 2. The molecule has 0 unspecified atom stereocenters. The maximum absolute atomic E-state index is 5.95. The molecule has 0 saturated carbocycles. The highest BCUT2D eigenvalue weighted by molar-refractivity contribution is 6.30. The van der Waals surface area contributed by atoms with Crippen LogP contribution in [-0.2, 0) is 12.8 Å². The van der Waals surface area contributed by atoms with Crippen LogP contribution in [0.15, 0.2) is 36.5 Å². The van der Waals surface area contributed by atoms with Crippen LogP contribution in [0, 0.1) is 0 Å². The van der Waals surface area contributed by atoms with Gasteiger partial charge >= 0.3 is 0 Å². The number of fused-ring (bicyclic) bond motifs is 3. The molecule has 21 heavy (non-hydrogen) atoms. The Hall–Kier alpha value is -1.87. The predicted molar refractivity (Wildman–Crippen MR) is 84.7 cm³/mol. The summed E-state index contributed by atoms with van der Waals surface area (Å²) in [4.78, 5) is 4.57. The van der Waals surface area contributed by atoms with Crippen molar-refractivity contribution in [2.75, 3.05) is 0 Å². The SMILES string of the molecule is Clc1ccc(-c2cc3ncc4c(n3n2)CCCCC4)cc1. The van der Waals surface area contributed by atoms with Crippen molar-refractivity contribution in [1.82, 2.24) is 14.6 Å². The molecule has 0 aliphatic heterocycles. The van der Waals surface area contributed by atoms with Crippen LogP contribution in [0.4, 0.5) is 0 Å². The third kappa shape index (κ3) is 2.32. The van der Waals surface area contributed by atoms with Gasteiger partial charge in [0.2, 0.25) is 0 Å². The Labute approximate surface area is 128 Å². The summed E-state index contributed by atoms with van der Waals surface area (Å²) in [5.41, 5.74) is 5.65. The molecular formula is C17H16ClN3.